The number of aliphatic carboxylic acids is 1. The predicted octanol–water partition coefficient (Wildman–Crippen LogP) is 2.59. The lowest BCUT2D eigenvalue weighted by Crippen LogP contribution is -2.40. The van der Waals surface area contributed by atoms with Crippen molar-refractivity contribution in [3.8, 4) is 0 Å². The third-order valence-corrected chi connectivity index (χ3v) is 2.45. The van der Waals surface area contributed by atoms with Crippen molar-refractivity contribution in [1.29, 1.82) is 0 Å². The molecule has 7 heteroatoms. The number of anilines is 1. The molecule has 0 spiro atoms. The van der Waals surface area contributed by atoms with Gasteiger partial charge in [0.25, 0.3) is 0 Å². The monoisotopic (exact) mass is 276 g/mol. The van der Waals surface area contributed by atoms with E-state index in [-0.39, 0.29) is 5.02 Å². The predicted molar refractivity (Wildman–Crippen MR) is 65.7 cm³/mol. The van der Waals surface area contributed by atoms with Gasteiger partial charge in [0.15, 0.2) is 0 Å². The van der Waals surface area contributed by atoms with E-state index in [0.717, 1.165) is 0 Å². The van der Waals surface area contributed by atoms with Crippen LogP contribution < -0.4 is 10.6 Å². The number of hydrogen-bond acceptors (Lipinski definition) is 2. The molecule has 0 aliphatic rings. The van der Waals surface area contributed by atoms with Crippen molar-refractivity contribution < 1.29 is 14.7 Å². The topological polar surface area (TPSA) is 78.4 Å². The van der Waals surface area contributed by atoms with Crippen LogP contribution in [0.2, 0.25) is 10.0 Å². The number of nitrogens with one attached hydrogen (secondary N) is 2. The van der Waals surface area contributed by atoms with Crippen molar-refractivity contribution in [3.63, 3.8) is 0 Å². The summed E-state index contributed by atoms with van der Waals surface area (Å²) in [5, 5.41) is 14.0. The first kappa shape index (κ1) is 13.6. The minimum absolute atomic E-state index is 0.274. The highest BCUT2D eigenvalue weighted by Crippen LogP contribution is 2.25. The number of rotatable bonds is 3. The maximum atomic E-state index is 11.4. The molecule has 1 unspecified atom stereocenters. The Labute approximate surface area is 108 Å². The molecular formula is C10H10Cl2N2O3. The Balaban J connectivity index is 2.65. The van der Waals surface area contributed by atoms with Crippen molar-refractivity contribution in [2.45, 2.75) is 13.0 Å². The molecule has 0 heterocycles. The molecule has 0 radical (unpaired) electrons. The van der Waals surface area contributed by atoms with E-state index < -0.39 is 18.0 Å². The summed E-state index contributed by atoms with van der Waals surface area (Å²) in [6.45, 7) is 1.35. The molecular weight excluding hydrogens is 267 g/mol. The molecule has 1 aromatic carbocycles. The van der Waals surface area contributed by atoms with Crippen LogP contribution in [0.5, 0.6) is 0 Å². The van der Waals surface area contributed by atoms with E-state index in [1.165, 1.54) is 19.1 Å². The van der Waals surface area contributed by atoms with E-state index in [0.29, 0.717) is 10.7 Å². The first-order chi connectivity index (χ1) is 7.90. The maximum Gasteiger partial charge on any atom is 0.325 e. The Morgan fingerprint density at radius 1 is 1.35 bits per heavy atom. The zero-order chi connectivity index (χ0) is 13.0. The van der Waals surface area contributed by atoms with E-state index >= 15 is 0 Å². The number of benzene rings is 1. The van der Waals surface area contributed by atoms with Crippen LogP contribution in [0.1, 0.15) is 6.92 Å². The fraction of sp³-hybridized carbons (Fsp3) is 0.200. The summed E-state index contributed by atoms with van der Waals surface area (Å²) < 4.78 is 0. The summed E-state index contributed by atoms with van der Waals surface area (Å²) in [6.07, 6.45) is 0. The van der Waals surface area contributed by atoms with Crippen LogP contribution >= 0.6 is 23.2 Å². The highest BCUT2D eigenvalue weighted by atomic mass is 35.5. The highest BCUT2D eigenvalue weighted by Gasteiger charge is 2.14. The lowest BCUT2D eigenvalue weighted by atomic mass is 10.3. The summed E-state index contributed by atoms with van der Waals surface area (Å²) in [5.74, 6) is -1.12. The number of carbonyl (C=O) groups excluding carboxylic acids is 1. The van der Waals surface area contributed by atoms with Crippen LogP contribution in [0.15, 0.2) is 18.2 Å². The number of carboxylic acids is 1. The quantitative estimate of drug-likeness (QED) is 0.794. The fourth-order valence-corrected chi connectivity index (χ4v) is 1.46. The maximum absolute atomic E-state index is 11.4. The molecule has 3 N–H and O–H groups in total. The van der Waals surface area contributed by atoms with Crippen LogP contribution in [-0.4, -0.2) is 23.1 Å². The molecule has 2 amide bonds. The van der Waals surface area contributed by atoms with Gasteiger partial charge < -0.3 is 15.7 Å². The van der Waals surface area contributed by atoms with E-state index in [1.807, 2.05) is 0 Å². The van der Waals surface area contributed by atoms with Crippen LogP contribution in [0.4, 0.5) is 10.5 Å². The molecule has 17 heavy (non-hydrogen) atoms. The van der Waals surface area contributed by atoms with Crippen molar-refractivity contribution in [1.82, 2.24) is 5.32 Å². The van der Waals surface area contributed by atoms with Gasteiger partial charge in [0, 0.05) is 5.02 Å². The zero-order valence-corrected chi connectivity index (χ0v) is 10.3. The third kappa shape index (κ3) is 4.13. The van der Waals surface area contributed by atoms with E-state index in [2.05, 4.69) is 10.6 Å². The summed E-state index contributed by atoms with van der Waals surface area (Å²) in [4.78, 5) is 21.9. The Kier molecular flexibility index (Phi) is 4.60. The molecule has 0 aliphatic heterocycles. The summed E-state index contributed by atoms with van der Waals surface area (Å²) >= 11 is 11.5. The first-order valence-corrected chi connectivity index (χ1v) is 5.41. The Morgan fingerprint density at radius 3 is 2.53 bits per heavy atom. The zero-order valence-electron chi connectivity index (χ0n) is 8.83. The number of carbonyl (C=O) groups is 2. The largest absolute Gasteiger partial charge is 0.480 e. The Hall–Kier alpha value is -1.46. The summed E-state index contributed by atoms with van der Waals surface area (Å²) in [5.41, 5.74) is 0.353. The SMILES string of the molecule is CC(NC(=O)Nc1ccc(Cl)cc1Cl)C(=O)O. The van der Waals surface area contributed by atoms with Gasteiger partial charge in [-0.1, -0.05) is 23.2 Å². The van der Waals surface area contributed by atoms with Crippen LogP contribution in [-0.2, 0) is 4.79 Å². The van der Waals surface area contributed by atoms with Crippen LogP contribution in [0.3, 0.4) is 0 Å². The molecule has 1 atom stereocenters. The Morgan fingerprint density at radius 2 is 2.00 bits per heavy atom. The summed E-state index contributed by atoms with van der Waals surface area (Å²) in [6, 6.07) is 2.92. The molecule has 0 aliphatic carbocycles. The third-order valence-electron chi connectivity index (χ3n) is 1.90. The van der Waals surface area contributed by atoms with E-state index in [9.17, 15) is 9.59 Å². The van der Waals surface area contributed by atoms with E-state index in [1.54, 1.807) is 6.07 Å². The second-order valence-corrected chi connectivity index (χ2v) is 4.13. The van der Waals surface area contributed by atoms with Gasteiger partial charge in [-0.05, 0) is 25.1 Å². The Bertz CT molecular complexity index is 451. The molecule has 92 valence electrons. The van der Waals surface area contributed by atoms with Gasteiger partial charge in [0.2, 0.25) is 0 Å². The molecule has 5 nitrogen and oxygen atoms in total. The van der Waals surface area contributed by atoms with Gasteiger partial charge in [-0.25, -0.2) is 4.79 Å². The molecule has 1 rings (SSSR count). The van der Waals surface area contributed by atoms with Crippen molar-refractivity contribution in [3.05, 3.63) is 28.2 Å². The molecule has 0 fully saturated rings. The average Bonchev–Trinajstić information content (AvgIpc) is 2.22. The second-order valence-electron chi connectivity index (χ2n) is 3.28. The van der Waals surface area contributed by atoms with Crippen LogP contribution in [0.25, 0.3) is 0 Å². The number of halogens is 2. The number of amides is 2. The molecule has 0 aromatic heterocycles. The normalized spacial score (nSPS) is 11.7. The summed E-state index contributed by atoms with van der Waals surface area (Å²) in [7, 11) is 0. The average molecular weight is 277 g/mol. The standard InChI is InChI=1S/C10H10Cl2N2O3/c1-5(9(15)16)13-10(17)14-8-3-2-6(11)4-7(8)12/h2-5H,1H3,(H,15,16)(H2,13,14,17). The van der Waals surface area contributed by atoms with Crippen molar-refractivity contribution in [2.24, 2.45) is 0 Å². The van der Waals surface area contributed by atoms with Crippen molar-refractivity contribution >= 4 is 40.9 Å². The number of carboxylic acid groups (broad SMARTS) is 1. The molecule has 0 saturated carbocycles. The smallest absolute Gasteiger partial charge is 0.325 e. The van der Waals surface area contributed by atoms with Gasteiger partial charge in [-0.2, -0.15) is 0 Å². The van der Waals surface area contributed by atoms with Gasteiger partial charge in [0.1, 0.15) is 6.04 Å². The minimum Gasteiger partial charge on any atom is -0.480 e. The van der Waals surface area contributed by atoms with E-state index in [4.69, 9.17) is 28.3 Å². The van der Waals surface area contributed by atoms with Crippen LogP contribution in [0, 0.1) is 0 Å². The van der Waals surface area contributed by atoms with Gasteiger partial charge in [0.05, 0.1) is 10.7 Å². The lowest BCUT2D eigenvalue weighted by molar-refractivity contribution is -0.138. The molecule has 0 saturated heterocycles. The fourth-order valence-electron chi connectivity index (χ4n) is 1.01. The molecule has 1 aromatic rings. The van der Waals surface area contributed by atoms with Gasteiger partial charge in [-0.3, -0.25) is 4.79 Å². The van der Waals surface area contributed by atoms with Gasteiger partial charge >= 0.3 is 12.0 Å². The highest BCUT2D eigenvalue weighted by molar-refractivity contribution is 6.36. The van der Waals surface area contributed by atoms with Crippen molar-refractivity contribution in [2.75, 3.05) is 5.32 Å². The number of urea groups is 1. The number of hydrogen-bond donors (Lipinski definition) is 3. The second kappa shape index (κ2) is 5.75. The van der Waals surface area contributed by atoms with Gasteiger partial charge in [-0.15, -0.1) is 0 Å². The minimum atomic E-state index is -1.12. The molecule has 0 bridgehead atoms. The lowest BCUT2D eigenvalue weighted by Gasteiger charge is -2.11. The first-order valence-electron chi connectivity index (χ1n) is 4.65.